The van der Waals surface area contributed by atoms with Gasteiger partial charge < -0.3 is 10.2 Å². The first kappa shape index (κ1) is 20.4. The number of hydrogen-bond donors (Lipinski definition) is 1. The van der Waals surface area contributed by atoms with Crippen LogP contribution in [0.2, 0.25) is 0 Å². The van der Waals surface area contributed by atoms with Gasteiger partial charge in [-0.05, 0) is 39.4 Å². The van der Waals surface area contributed by atoms with Crippen molar-refractivity contribution in [2.75, 3.05) is 43.5 Å². The highest BCUT2D eigenvalue weighted by molar-refractivity contribution is 7.91. The Hall–Kier alpha value is -1.93. The van der Waals surface area contributed by atoms with E-state index in [2.05, 4.69) is 5.32 Å². The van der Waals surface area contributed by atoms with Gasteiger partial charge in [0.15, 0.2) is 9.84 Å². The van der Waals surface area contributed by atoms with Gasteiger partial charge in [0.25, 0.3) is 0 Å². The fraction of sp³-hybridized carbons (Fsp3) is 0.556. The topological polar surface area (TPSA) is 86.8 Å². The third-order valence-corrected chi connectivity index (χ3v) is 6.21. The minimum Gasteiger partial charge on any atom is -0.338 e. The van der Waals surface area contributed by atoms with E-state index in [1.54, 1.807) is 16.8 Å². The van der Waals surface area contributed by atoms with E-state index in [-0.39, 0.29) is 42.5 Å². The molecule has 1 fully saturated rings. The summed E-state index contributed by atoms with van der Waals surface area (Å²) in [4.78, 5) is 27.9. The van der Waals surface area contributed by atoms with Gasteiger partial charge in [0.1, 0.15) is 0 Å². The Balaban J connectivity index is 1.85. The van der Waals surface area contributed by atoms with Crippen LogP contribution in [0.1, 0.15) is 18.9 Å². The normalized spacial score (nSPS) is 18.7. The Morgan fingerprint density at radius 1 is 1.19 bits per heavy atom. The largest absolute Gasteiger partial charge is 0.338 e. The van der Waals surface area contributed by atoms with Gasteiger partial charge in [-0.25, -0.2) is 8.42 Å². The number of carbonyl (C=O) groups is 2. The lowest BCUT2D eigenvalue weighted by molar-refractivity contribution is -0.134. The molecule has 1 aromatic rings. The molecule has 0 aliphatic carbocycles. The van der Waals surface area contributed by atoms with E-state index in [0.29, 0.717) is 18.7 Å². The van der Waals surface area contributed by atoms with Gasteiger partial charge in [0.05, 0.1) is 24.6 Å². The second-order valence-electron chi connectivity index (χ2n) is 6.82. The summed E-state index contributed by atoms with van der Waals surface area (Å²) in [5, 5.41) is 2.80. The molecule has 0 spiro atoms. The van der Waals surface area contributed by atoms with Crippen LogP contribution in [-0.2, 0) is 19.4 Å². The number of benzene rings is 1. The molecule has 144 valence electrons. The number of amides is 2. The highest BCUT2D eigenvalue weighted by Gasteiger charge is 2.34. The Morgan fingerprint density at radius 3 is 2.38 bits per heavy atom. The van der Waals surface area contributed by atoms with E-state index >= 15 is 0 Å². The Labute approximate surface area is 155 Å². The molecule has 26 heavy (non-hydrogen) atoms. The van der Waals surface area contributed by atoms with Gasteiger partial charge in [0, 0.05) is 18.3 Å². The molecule has 0 bridgehead atoms. The maximum Gasteiger partial charge on any atom is 0.238 e. The lowest BCUT2D eigenvalue weighted by Crippen LogP contribution is -2.46. The van der Waals surface area contributed by atoms with Crippen LogP contribution in [0.4, 0.5) is 5.69 Å². The average molecular weight is 381 g/mol. The average Bonchev–Trinajstić information content (AvgIpc) is 2.89. The van der Waals surface area contributed by atoms with Gasteiger partial charge in [0.2, 0.25) is 11.8 Å². The van der Waals surface area contributed by atoms with Gasteiger partial charge >= 0.3 is 0 Å². The maximum absolute atomic E-state index is 12.5. The molecule has 0 unspecified atom stereocenters. The van der Waals surface area contributed by atoms with Crippen molar-refractivity contribution in [1.82, 2.24) is 9.80 Å². The Kier molecular flexibility index (Phi) is 6.77. The first-order valence-corrected chi connectivity index (χ1v) is 10.6. The van der Waals surface area contributed by atoms with Crippen LogP contribution < -0.4 is 5.32 Å². The Morgan fingerprint density at radius 2 is 1.85 bits per heavy atom. The van der Waals surface area contributed by atoms with Crippen LogP contribution >= 0.6 is 0 Å². The molecule has 1 aromatic carbocycles. The lowest BCUT2D eigenvalue weighted by Gasteiger charge is -2.28. The standard InChI is InChI=1S/C18H27N3O4S/c1-4-21(16-9-10-26(24,25)13-16)18(23)12-20(3)11-17(22)19-15-7-5-14(2)6-8-15/h5-8,16H,4,9-13H2,1-3H3,(H,19,22)/t16-/m0/s1. The van der Waals surface area contributed by atoms with E-state index in [1.807, 2.05) is 38.1 Å². The summed E-state index contributed by atoms with van der Waals surface area (Å²) in [5.41, 5.74) is 1.82. The smallest absolute Gasteiger partial charge is 0.238 e. The molecule has 0 aromatic heterocycles. The number of carbonyl (C=O) groups excluding carboxylic acids is 2. The molecule has 8 heteroatoms. The molecule has 2 rings (SSSR count). The zero-order chi connectivity index (χ0) is 19.3. The molecule has 1 aliphatic heterocycles. The van der Waals surface area contributed by atoms with Gasteiger partial charge in [-0.15, -0.1) is 0 Å². The molecular weight excluding hydrogens is 354 g/mol. The van der Waals surface area contributed by atoms with Crippen molar-refractivity contribution >= 4 is 27.3 Å². The summed E-state index contributed by atoms with van der Waals surface area (Å²) in [6.45, 7) is 4.43. The molecular formula is C18H27N3O4S. The molecule has 0 saturated carbocycles. The number of nitrogens with one attached hydrogen (secondary N) is 1. The predicted molar refractivity (Wildman–Crippen MR) is 102 cm³/mol. The minimum absolute atomic E-state index is 0.0319. The number of hydrogen-bond acceptors (Lipinski definition) is 5. The van der Waals surface area contributed by atoms with Crippen molar-refractivity contribution in [2.45, 2.75) is 26.3 Å². The van der Waals surface area contributed by atoms with Crippen LogP contribution in [0.25, 0.3) is 0 Å². The van der Waals surface area contributed by atoms with Crippen molar-refractivity contribution in [1.29, 1.82) is 0 Å². The molecule has 7 nitrogen and oxygen atoms in total. The first-order chi connectivity index (χ1) is 12.2. The van der Waals surface area contributed by atoms with Crippen molar-refractivity contribution in [3.63, 3.8) is 0 Å². The second kappa shape index (κ2) is 8.64. The van der Waals surface area contributed by atoms with E-state index < -0.39 is 9.84 Å². The van der Waals surface area contributed by atoms with E-state index in [9.17, 15) is 18.0 Å². The number of sulfone groups is 1. The minimum atomic E-state index is -3.04. The van der Waals surface area contributed by atoms with Gasteiger partial charge in [-0.1, -0.05) is 17.7 Å². The quantitative estimate of drug-likeness (QED) is 0.758. The van der Waals surface area contributed by atoms with Crippen LogP contribution in [0.5, 0.6) is 0 Å². The highest BCUT2D eigenvalue weighted by atomic mass is 32.2. The predicted octanol–water partition coefficient (Wildman–Crippen LogP) is 0.901. The number of anilines is 1. The summed E-state index contributed by atoms with van der Waals surface area (Å²) in [6, 6.07) is 7.23. The van der Waals surface area contributed by atoms with Gasteiger partial charge in [-0.3, -0.25) is 14.5 Å². The third kappa shape index (κ3) is 5.81. The third-order valence-electron chi connectivity index (χ3n) is 4.46. The van der Waals surface area contributed by atoms with Crippen LogP contribution in [0.3, 0.4) is 0 Å². The van der Waals surface area contributed by atoms with Crippen LogP contribution in [-0.4, -0.2) is 74.3 Å². The number of aryl methyl sites for hydroxylation is 1. The summed E-state index contributed by atoms with van der Waals surface area (Å²) < 4.78 is 23.3. The van der Waals surface area contributed by atoms with E-state index in [1.165, 1.54) is 0 Å². The molecule has 1 saturated heterocycles. The number of likely N-dealkylation sites (N-methyl/N-ethyl adjacent to an activating group) is 2. The highest BCUT2D eigenvalue weighted by Crippen LogP contribution is 2.18. The van der Waals surface area contributed by atoms with E-state index in [0.717, 1.165) is 5.56 Å². The second-order valence-corrected chi connectivity index (χ2v) is 9.05. The lowest BCUT2D eigenvalue weighted by atomic mass is 10.2. The molecule has 1 heterocycles. The van der Waals surface area contributed by atoms with Gasteiger partial charge in [-0.2, -0.15) is 0 Å². The molecule has 1 aliphatic rings. The van der Waals surface area contributed by atoms with Crippen molar-refractivity contribution in [2.24, 2.45) is 0 Å². The van der Waals surface area contributed by atoms with Crippen molar-refractivity contribution in [3.05, 3.63) is 29.8 Å². The molecule has 1 N–H and O–H groups in total. The summed E-state index contributed by atoms with van der Waals surface area (Å²) in [6.07, 6.45) is 0.486. The molecule has 1 atom stereocenters. The number of nitrogens with zero attached hydrogens (tertiary/aromatic N) is 2. The monoisotopic (exact) mass is 381 g/mol. The van der Waals surface area contributed by atoms with Crippen LogP contribution in [0.15, 0.2) is 24.3 Å². The first-order valence-electron chi connectivity index (χ1n) is 8.75. The molecule has 2 amide bonds. The zero-order valence-corrected chi connectivity index (χ0v) is 16.4. The van der Waals surface area contributed by atoms with Crippen molar-refractivity contribution < 1.29 is 18.0 Å². The van der Waals surface area contributed by atoms with Crippen molar-refractivity contribution in [3.8, 4) is 0 Å². The fourth-order valence-corrected chi connectivity index (χ4v) is 4.85. The summed E-state index contributed by atoms with van der Waals surface area (Å²) >= 11 is 0. The maximum atomic E-state index is 12.5. The fourth-order valence-electron chi connectivity index (χ4n) is 3.12. The Bertz CT molecular complexity index is 746. The van der Waals surface area contributed by atoms with Crippen LogP contribution in [0, 0.1) is 6.92 Å². The zero-order valence-electron chi connectivity index (χ0n) is 15.6. The number of rotatable bonds is 7. The van der Waals surface area contributed by atoms with E-state index in [4.69, 9.17) is 0 Å². The summed E-state index contributed by atoms with van der Waals surface area (Å²) in [5.74, 6) is -0.184. The molecule has 0 radical (unpaired) electrons. The summed E-state index contributed by atoms with van der Waals surface area (Å²) in [7, 11) is -1.34. The SMILES string of the molecule is CCN(C(=O)CN(C)CC(=O)Nc1ccc(C)cc1)[C@H]1CCS(=O)(=O)C1.